The van der Waals surface area contributed by atoms with Gasteiger partial charge in [-0.2, -0.15) is 0 Å². The zero-order valence-electron chi connectivity index (χ0n) is 11.4. The van der Waals surface area contributed by atoms with Crippen LogP contribution in [0, 0.1) is 6.92 Å². The Morgan fingerprint density at radius 1 is 1.47 bits per heavy atom. The van der Waals surface area contributed by atoms with Gasteiger partial charge in [0.25, 0.3) is 5.91 Å². The van der Waals surface area contributed by atoms with Gasteiger partial charge in [0.1, 0.15) is 5.75 Å². The molecule has 0 bridgehead atoms. The maximum Gasteiger partial charge on any atom is 0.260 e. The first-order valence-electron chi connectivity index (χ1n) is 6.28. The van der Waals surface area contributed by atoms with Crippen molar-refractivity contribution in [2.45, 2.75) is 39.3 Å². The molecule has 0 saturated heterocycles. The molecule has 5 heteroatoms. The Hall–Kier alpha value is -1.26. The van der Waals surface area contributed by atoms with Crippen molar-refractivity contribution >= 4 is 17.5 Å². The molecule has 19 heavy (non-hydrogen) atoms. The summed E-state index contributed by atoms with van der Waals surface area (Å²) >= 11 is 6.01. The fraction of sp³-hybridized carbons (Fsp3) is 0.500. The Kier molecular flexibility index (Phi) is 6.12. The van der Waals surface area contributed by atoms with Crippen molar-refractivity contribution < 1.29 is 14.6 Å². The van der Waals surface area contributed by atoms with Crippen LogP contribution in [-0.2, 0) is 4.79 Å². The van der Waals surface area contributed by atoms with Crippen molar-refractivity contribution in [1.29, 1.82) is 0 Å². The fourth-order valence-corrected chi connectivity index (χ4v) is 1.73. The van der Waals surface area contributed by atoms with Gasteiger partial charge in [-0.25, -0.2) is 0 Å². The maximum atomic E-state index is 11.9. The third-order valence-corrected chi connectivity index (χ3v) is 3.02. The summed E-state index contributed by atoms with van der Waals surface area (Å²) in [5.74, 6) is 0.276. The summed E-state index contributed by atoms with van der Waals surface area (Å²) in [5.41, 5.74) is 1.01. The molecule has 1 aromatic carbocycles. The largest absolute Gasteiger partial charge is 0.479 e. The molecule has 0 aliphatic heterocycles. The highest BCUT2D eigenvalue weighted by molar-refractivity contribution is 6.32. The number of amides is 1. The van der Waals surface area contributed by atoms with Gasteiger partial charge in [0, 0.05) is 12.6 Å². The highest BCUT2D eigenvalue weighted by Gasteiger charge is 2.17. The van der Waals surface area contributed by atoms with E-state index in [4.69, 9.17) is 21.4 Å². The van der Waals surface area contributed by atoms with Gasteiger partial charge >= 0.3 is 0 Å². The quantitative estimate of drug-likeness (QED) is 0.843. The van der Waals surface area contributed by atoms with Crippen molar-refractivity contribution in [3.05, 3.63) is 28.8 Å². The number of hydrogen-bond donors (Lipinski definition) is 2. The summed E-state index contributed by atoms with van der Waals surface area (Å²) in [7, 11) is 0. The Bertz CT molecular complexity index is 437. The lowest BCUT2D eigenvalue weighted by Gasteiger charge is -2.19. The van der Waals surface area contributed by atoms with E-state index in [1.54, 1.807) is 19.1 Å². The molecule has 0 heterocycles. The van der Waals surface area contributed by atoms with Gasteiger partial charge < -0.3 is 15.2 Å². The van der Waals surface area contributed by atoms with E-state index in [9.17, 15) is 4.79 Å². The van der Waals surface area contributed by atoms with Gasteiger partial charge in [-0.05, 0) is 44.9 Å². The molecule has 106 valence electrons. The number of hydrogen-bond acceptors (Lipinski definition) is 3. The summed E-state index contributed by atoms with van der Waals surface area (Å²) in [6.45, 7) is 5.47. The van der Waals surface area contributed by atoms with Gasteiger partial charge in [-0.1, -0.05) is 17.7 Å². The van der Waals surface area contributed by atoms with Crippen LogP contribution < -0.4 is 10.1 Å². The van der Waals surface area contributed by atoms with E-state index >= 15 is 0 Å². The molecule has 1 rings (SSSR count). The molecule has 0 saturated carbocycles. The van der Waals surface area contributed by atoms with Gasteiger partial charge in [-0.3, -0.25) is 4.79 Å². The predicted molar refractivity (Wildman–Crippen MR) is 75.6 cm³/mol. The van der Waals surface area contributed by atoms with Crippen molar-refractivity contribution in [1.82, 2.24) is 5.32 Å². The van der Waals surface area contributed by atoms with Gasteiger partial charge in [0.05, 0.1) is 5.02 Å². The molecule has 1 aromatic rings. The highest BCUT2D eigenvalue weighted by Crippen LogP contribution is 2.26. The number of halogens is 1. The third kappa shape index (κ3) is 5.09. The summed E-state index contributed by atoms with van der Waals surface area (Å²) in [6, 6.07) is 5.33. The lowest BCUT2D eigenvalue weighted by Crippen LogP contribution is -2.41. The van der Waals surface area contributed by atoms with Crippen LogP contribution in [0.4, 0.5) is 0 Å². The number of carbonyl (C=O) groups excluding carboxylic acids is 1. The van der Waals surface area contributed by atoms with Gasteiger partial charge in [-0.15, -0.1) is 0 Å². The molecule has 0 radical (unpaired) electrons. The monoisotopic (exact) mass is 285 g/mol. The molecule has 0 aliphatic rings. The Morgan fingerprint density at radius 2 is 2.16 bits per heavy atom. The smallest absolute Gasteiger partial charge is 0.260 e. The lowest BCUT2D eigenvalue weighted by molar-refractivity contribution is -0.127. The molecule has 0 fully saturated rings. The number of carbonyl (C=O) groups is 1. The van der Waals surface area contributed by atoms with Crippen LogP contribution in [0.15, 0.2) is 18.2 Å². The molecule has 1 unspecified atom stereocenters. The first kappa shape index (κ1) is 15.8. The molecule has 2 N–H and O–H groups in total. The first-order chi connectivity index (χ1) is 8.93. The number of ether oxygens (including phenoxy) is 1. The fourth-order valence-electron chi connectivity index (χ4n) is 1.57. The van der Waals surface area contributed by atoms with Crippen LogP contribution in [0.5, 0.6) is 5.75 Å². The van der Waals surface area contributed by atoms with E-state index in [0.29, 0.717) is 17.2 Å². The molecular weight excluding hydrogens is 266 g/mol. The molecule has 0 spiro atoms. The predicted octanol–water partition coefficient (Wildman–Crippen LogP) is 2.30. The van der Waals surface area contributed by atoms with Crippen LogP contribution in [0.25, 0.3) is 0 Å². The van der Waals surface area contributed by atoms with Gasteiger partial charge in [0.2, 0.25) is 0 Å². The van der Waals surface area contributed by atoms with Crippen LogP contribution in [0.1, 0.15) is 25.8 Å². The number of rotatable bonds is 6. The molecular formula is C14H20ClNO3. The SMILES string of the molecule is Cc1ccc(Cl)c(OC(C)C(=O)N[C@H](C)CCO)c1. The summed E-state index contributed by atoms with van der Waals surface area (Å²) in [4.78, 5) is 11.9. The highest BCUT2D eigenvalue weighted by atomic mass is 35.5. The normalized spacial score (nSPS) is 13.7. The van der Waals surface area contributed by atoms with Crippen LogP contribution in [-0.4, -0.2) is 29.8 Å². The number of nitrogens with one attached hydrogen (secondary N) is 1. The van der Waals surface area contributed by atoms with Crippen molar-refractivity contribution in [3.8, 4) is 5.75 Å². The Labute approximate surface area is 118 Å². The number of aliphatic hydroxyl groups excluding tert-OH is 1. The minimum atomic E-state index is -0.638. The number of benzene rings is 1. The maximum absolute atomic E-state index is 11.9. The lowest BCUT2D eigenvalue weighted by atomic mass is 10.2. The zero-order valence-corrected chi connectivity index (χ0v) is 12.2. The summed E-state index contributed by atoms with van der Waals surface area (Å²) < 4.78 is 5.56. The zero-order chi connectivity index (χ0) is 14.4. The average molecular weight is 286 g/mol. The van der Waals surface area contributed by atoms with E-state index in [0.717, 1.165) is 5.56 Å². The summed E-state index contributed by atoms with van der Waals surface area (Å²) in [6.07, 6.45) is -0.121. The molecule has 0 aromatic heterocycles. The number of aryl methyl sites for hydroxylation is 1. The second-order valence-corrected chi connectivity index (χ2v) is 5.02. The summed E-state index contributed by atoms with van der Waals surface area (Å²) in [5, 5.41) is 12.0. The second-order valence-electron chi connectivity index (χ2n) is 4.62. The van der Waals surface area contributed by atoms with Crippen molar-refractivity contribution in [2.24, 2.45) is 0 Å². The molecule has 2 atom stereocenters. The standard InChI is InChI=1S/C14H20ClNO3/c1-9-4-5-12(15)13(8-9)19-11(3)14(18)16-10(2)6-7-17/h4-5,8,10-11,17H,6-7H2,1-3H3,(H,16,18)/t10-,11?/m1/s1. The first-order valence-corrected chi connectivity index (χ1v) is 6.66. The molecule has 1 amide bonds. The minimum Gasteiger partial charge on any atom is -0.479 e. The second kappa shape index (κ2) is 7.36. The van der Waals surface area contributed by atoms with Crippen LogP contribution in [0.3, 0.4) is 0 Å². The van der Waals surface area contributed by atoms with E-state index in [1.165, 1.54) is 0 Å². The van der Waals surface area contributed by atoms with Crippen LogP contribution >= 0.6 is 11.6 Å². The average Bonchev–Trinajstić information content (AvgIpc) is 2.34. The topological polar surface area (TPSA) is 58.6 Å². The minimum absolute atomic E-state index is 0.0421. The van der Waals surface area contributed by atoms with Crippen molar-refractivity contribution in [2.75, 3.05) is 6.61 Å². The van der Waals surface area contributed by atoms with E-state index in [-0.39, 0.29) is 18.6 Å². The molecule has 4 nitrogen and oxygen atoms in total. The van der Waals surface area contributed by atoms with Gasteiger partial charge in [0.15, 0.2) is 6.10 Å². The van der Waals surface area contributed by atoms with Crippen molar-refractivity contribution in [3.63, 3.8) is 0 Å². The van der Waals surface area contributed by atoms with E-state index in [2.05, 4.69) is 5.32 Å². The molecule has 0 aliphatic carbocycles. The van der Waals surface area contributed by atoms with E-state index in [1.807, 2.05) is 19.9 Å². The Morgan fingerprint density at radius 3 is 2.79 bits per heavy atom. The van der Waals surface area contributed by atoms with Crippen LogP contribution in [0.2, 0.25) is 5.02 Å². The van der Waals surface area contributed by atoms with E-state index < -0.39 is 6.10 Å². The number of aliphatic hydroxyl groups is 1. The Balaban J connectivity index is 2.61. The third-order valence-electron chi connectivity index (χ3n) is 2.71.